The molecule has 3 aromatic carbocycles. The standard InChI is InChI=1S/C22H22N4O2.2ClH/c1-27-25-21(23)17-10-6-15(7-11-17)19-4-3-5-20(14-19)16-8-12-18(13-9-16)22(24)26-28-2;;/h3-14H,1-2H3,(H2,23,25)(H2,24,26);2*1H. The van der Waals surface area contributed by atoms with E-state index in [0.717, 1.165) is 33.4 Å². The summed E-state index contributed by atoms with van der Waals surface area (Å²) < 4.78 is 0. The molecule has 0 aliphatic carbocycles. The Morgan fingerprint density at radius 1 is 0.600 bits per heavy atom. The number of nitrogens with zero attached hydrogens (tertiary/aromatic N) is 2. The molecular formula is C22H24Cl2N4O2. The van der Waals surface area contributed by atoms with E-state index >= 15 is 0 Å². The molecule has 0 amide bonds. The molecule has 0 aliphatic heterocycles. The molecule has 3 aromatic rings. The summed E-state index contributed by atoms with van der Waals surface area (Å²) in [5.74, 6) is 0.693. The van der Waals surface area contributed by atoms with Gasteiger partial charge in [0.05, 0.1) is 0 Å². The molecule has 4 N–H and O–H groups in total. The smallest absolute Gasteiger partial charge is 0.170 e. The second-order valence-electron chi connectivity index (χ2n) is 6.05. The molecule has 0 spiro atoms. The van der Waals surface area contributed by atoms with Crippen LogP contribution in [0.15, 0.2) is 83.1 Å². The minimum absolute atomic E-state index is 0. The van der Waals surface area contributed by atoms with Gasteiger partial charge in [0.1, 0.15) is 14.2 Å². The Morgan fingerprint density at radius 2 is 0.967 bits per heavy atom. The zero-order valence-electron chi connectivity index (χ0n) is 16.6. The molecule has 158 valence electrons. The Morgan fingerprint density at radius 3 is 1.30 bits per heavy atom. The summed E-state index contributed by atoms with van der Waals surface area (Å²) in [6.07, 6.45) is 0. The van der Waals surface area contributed by atoms with E-state index in [1.165, 1.54) is 14.2 Å². The summed E-state index contributed by atoms with van der Waals surface area (Å²) in [4.78, 5) is 9.43. The second kappa shape index (κ2) is 11.7. The number of nitrogens with two attached hydrogens (primary N) is 2. The van der Waals surface area contributed by atoms with Crippen molar-refractivity contribution in [1.29, 1.82) is 0 Å². The van der Waals surface area contributed by atoms with E-state index in [1.54, 1.807) is 0 Å². The van der Waals surface area contributed by atoms with Gasteiger partial charge in [-0.3, -0.25) is 0 Å². The van der Waals surface area contributed by atoms with E-state index in [1.807, 2.05) is 54.6 Å². The molecule has 0 fully saturated rings. The van der Waals surface area contributed by atoms with Crippen molar-refractivity contribution in [2.45, 2.75) is 0 Å². The maximum absolute atomic E-state index is 5.85. The van der Waals surface area contributed by atoms with Gasteiger partial charge < -0.3 is 21.1 Å². The van der Waals surface area contributed by atoms with Crippen molar-refractivity contribution in [3.8, 4) is 22.3 Å². The van der Waals surface area contributed by atoms with Crippen LogP contribution in [0, 0.1) is 0 Å². The lowest BCUT2D eigenvalue weighted by Crippen LogP contribution is -2.13. The van der Waals surface area contributed by atoms with Gasteiger partial charge in [-0.2, -0.15) is 0 Å². The van der Waals surface area contributed by atoms with Crippen molar-refractivity contribution >= 4 is 36.5 Å². The first-order chi connectivity index (χ1) is 13.6. The fourth-order valence-electron chi connectivity index (χ4n) is 2.85. The van der Waals surface area contributed by atoms with Gasteiger partial charge in [-0.25, -0.2) is 0 Å². The number of halogens is 2. The highest BCUT2D eigenvalue weighted by molar-refractivity contribution is 5.98. The molecule has 0 unspecified atom stereocenters. The number of rotatable bonds is 6. The van der Waals surface area contributed by atoms with Gasteiger partial charge in [0, 0.05) is 11.1 Å². The van der Waals surface area contributed by atoms with Gasteiger partial charge in [-0.15, -0.1) is 24.8 Å². The largest absolute Gasteiger partial charge is 0.397 e. The lowest BCUT2D eigenvalue weighted by molar-refractivity contribution is 0.213. The van der Waals surface area contributed by atoms with Crippen LogP contribution >= 0.6 is 24.8 Å². The van der Waals surface area contributed by atoms with Crippen LogP contribution in [0.5, 0.6) is 0 Å². The highest BCUT2D eigenvalue weighted by Gasteiger charge is 2.05. The van der Waals surface area contributed by atoms with Crippen molar-refractivity contribution < 1.29 is 9.68 Å². The van der Waals surface area contributed by atoms with Crippen LogP contribution in [0.3, 0.4) is 0 Å². The summed E-state index contributed by atoms with van der Waals surface area (Å²) in [5.41, 5.74) is 17.7. The zero-order chi connectivity index (χ0) is 19.9. The molecule has 0 bridgehead atoms. The van der Waals surface area contributed by atoms with E-state index in [-0.39, 0.29) is 24.8 Å². The first-order valence-electron chi connectivity index (χ1n) is 8.67. The molecule has 0 heterocycles. The lowest BCUT2D eigenvalue weighted by Gasteiger charge is -2.08. The summed E-state index contributed by atoms with van der Waals surface area (Å²) in [6.45, 7) is 0. The van der Waals surface area contributed by atoms with E-state index < -0.39 is 0 Å². The van der Waals surface area contributed by atoms with E-state index in [0.29, 0.717) is 11.7 Å². The van der Waals surface area contributed by atoms with Gasteiger partial charge >= 0.3 is 0 Å². The first kappa shape index (κ1) is 24.8. The first-order valence-corrected chi connectivity index (χ1v) is 8.67. The predicted molar refractivity (Wildman–Crippen MR) is 127 cm³/mol. The molecule has 3 rings (SSSR count). The molecule has 0 saturated carbocycles. The predicted octanol–water partition coefficient (Wildman–Crippen LogP) is 4.40. The summed E-state index contributed by atoms with van der Waals surface area (Å²) in [7, 11) is 2.94. The van der Waals surface area contributed by atoms with Gasteiger partial charge in [0.2, 0.25) is 0 Å². The van der Waals surface area contributed by atoms with Gasteiger partial charge in [0.25, 0.3) is 0 Å². The highest BCUT2D eigenvalue weighted by Crippen LogP contribution is 2.27. The third kappa shape index (κ3) is 5.89. The molecule has 0 atom stereocenters. The fourth-order valence-corrected chi connectivity index (χ4v) is 2.85. The zero-order valence-corrected chi connectivity index (χ0v) is 18.2. The summed E-state index contributed by atoms with van der Waals surface area (Å²) in [6, 6.07) is 24.1. The topological polar surface area (TPSA) is 95.2 Å². The Labute approximate surface area is 188 Å². The second-order valence-corrected chi connectivity index (χ2v) is 6.05. The van der Waals surface area contributed by atoms with Crippen LogP contribution in [-0.2, 0) is 9.68 Å². The van der Waals surface area contributed by atoms with Crippen molar-refractivity contribution in [2.75, 3.05) is 14.2 Å². The molecule has 0 aromatic heterocycles. The molecule has 8 heteroatoms. The number of benzene rings is 3. The quantitative estimate of drug-likeness (QED) is 0.333. The fraction of sp³-hybridized carbons (Fsp3) is 0.0909. The van der Waals surface area contributed by atoms with Gasteiger partial charge in [0.15, 0.2) is 11.7 Å². The van der Waals surface area contributed by atoms with Gasteiger partial charge in [-0.1, -0.05) is 77.0 Å². The Kier molecular flexibility index (Phi) is 9.68. The molecule has 0 saturated heterocycles. The van der Waals surface area contributed by atoms with Crippen molar-refractivity contribution in [3.63, 3.8) is 0 Å². The molecule has 6 nitrogen and oxygen atoms in total. The molecule has 0 radical (unpaired) electrons. The van der Waals surface area contributed by atoms with Gasteiger partial charge in [-0.05, 0) is 28.3 Å². The average Bonchev–Trinajstić information content (AvgIpc) is 2.74. The van der Waals surface area contributed by atoms with Crippen LogP contribution < -0.4 is 11.5 Å². The molecule has 0 aliphatic rings. The molecule has 30 heavy (non-hydrogen) atoms. The third-order valence-corrected chi connectivity index (χ3v) is 4.27. The van der Waals surface area contributed by atoms with Crippen LogP contribution in [0.4, 0.5) is 0 Å². The highest BCUT2D eigenvalue weighted by atomic mass is 35.5. The average molecular weight is 447 g/mol. The normalized spacial score (nSPS) is 11.1. The minimum Gasteiger partial charge on any atom is -0.397 e. The maximum Gasteiger partial charge on any atom is 0.170 e. The summed E-state index contributed by atoms with van der Waals surface area (Å²) >= 11 is 0. The van der Waals surface area contributed by atoms with Crippen molar-refractivity contribution in [2.24, 2.45) is 21.8 Å². The number of hydrogen-bond donors (Lipinski definition) is 2. The monoisotopic (exact) mass is 446 g/mol. The van der Waals surface area contributed by atoms with Crippen LogP contribution in [0.2, 0.25) is 0 Å². The minimum atomic E-state index is 0. The Bertz CT molecular complexity index is 926. The van der Waals surface area contributed by atoms with Crippen molar-refractivity contribution in [3.05, 3.63) is 83.9 Å². The SMILES string of the molecule is CO/N=C(/N)c1ccc(-c2cccc(-c3ccc(/C(N)=N\OC)cc3)c2)cc1.Cl.Cl. The van der Waals surface area contributed by atoms with E-state index in [4.69, 9.17) is 21.1 Å². The van der Waals surface area contributed by atoms with E-state index in [9.17, 15) is 0 Å². The number of amidine groups is 2. The molecular weight excluding hydrogens is 423 g/mol. The van der Waals surface area contributed by atoms with Crippen LogP contribution in [0.25, 0.3) is 22.3 Å². The lowest BCUT2D eigenvalue weighted by atomic mass is 9.97. The van der Waals surface area contributed by atoms with Crippen LogP contribution in [0.1, 0.15) is 11.1 Å². The van der Waals surface area contributed by atoms with E-state index in [2.05, 4.69) is 28.5 Å². The maximum atomic E-state index is 5.85. The van der Waals surface area contributed by atoms with Crippen LogP contribution in [-0.4, -0.2) is 25.9 Å². The number of oxime groups is 2. The van der Waals surface area contributed by atoms with Crippen molar-refractivity contribution in [1.82, 2.24) is 0 Å². The third-order valence-electron chi connectivity index (χ3n) is 4.27. The number of hydrogen-bond acceptors (Lipinski definition) is 4. The Hall–Kier alpha value is -3.22. The Balaban J connectivity index is 0.00000225. The summed E-state index contributed by atoms with van der Waals surface area (Å²) in [5, 5.41) is 7.50.